The fourth-order valence-corrected chi connectivity index (χ4v) is 3.52. The average Bonchev–Trinajstić information content (AvgIpc) is 3.03. The number of ether oxygens (including phenoxy) is 1. The summed E-state index contributed by atoms with van der Waals surface area (Å²) in [5.41, 5.74) is 1.50. The summed E-state index contributed by atoms with van der Waals surface area (Å²) < 4.78 is 10.7. The number of benzene rings is 1. The molecule has 1 fully saturated rings. The zero-order valence-electron chi connectivity index (χ0n) is 13.6. The third kappa shape index (κ3) is 3.90. The molecule has 6 nitrogen and oxygen atoms in total. The van der Waals surface area contributed by atoms with Crippen LogP contribution in [0.4, 0.5) is 0 Å². The summed E-state index contributed by atoms with van der Waals surface area (Å²) >= 11 is 1.28. The lowest BCUT2D eigenvalue weighted by Crippen LogP contribution is -2.43. The topological polar surface area (TPSA) is 72.6 Å². The van der Waals surface area contributed by atoms with Crippen LogP contribution in [0.2, 0.25) is 0 Å². The maximum absolute atomic E-state index is 12.4. The van der Waals surface area contributed by atoms with Crippen LogP contribution in [0.3, 0.4) is 0 Å². The summed E-state index contributed by atoms with van der Waals surface area (Å²) in [5.74, 6) is -0.169. The summed E-state index contributed by atoms with van der Waals surface area (Å²) in [7, 11) is 0. The van der Waals surface area contributed by atoms with Gasteiger partial charge in [0, 0.05) is 13.1 Å². The second-order valence-electron chi connectivity index (χ2n) is 5.67. The van der Waals surface area contributed by atoms with E-state index in [0.29, 0.717) is 30.5 Å². The summed E-state index contributed by atoms with van der Waals surface area (Å²) in [5, 5.41) is 0.489. The first kappa shape index (κ1) is 16.8. The maximum Gasteiger partial charge on any atom is 0.310 e. The van der Waals surface area contributed by atoms with Crippen molar-refractivity contribution in [3.63, 3.8) is 0 Å². The van der Waals surface area contributed by atoms with Gasteiger partial charge in [0.2, 0.25) is 5.91 Å². The van der Waals surface area contributed by atoms with Gasteiger partial charge in [0.05, 0.1) is 18.3 Å². The zero-order valence-corrected chi connectivity index (χ0v) is 14.4. The average molecular weight is 348 g/mol. The Morgan fingerprint density at radius 1 is 1.42 bits per heavy atom. The molecule has 24 heavy (non-hydrogen) atoms. The number of nitrogens with zero attached hydrogens (tertiary/aromatic N) is 2. The van der Waals surface area contributed by atoms with Crippen LogP contribution in [0.25, 0.3) is 11.1 Å². The minimum Gasteiger partial charge on any atom is -0.466 e. The Hall–Kier alpha value is -2.02. The van der Waals surface area contributed by atoms with Crippen molar-refractivity contribution in [2.24, 2.45) is 5.92 Å². The first-order valence-electron chi connectivity index (χ1n) is 8.10. The summed E-state index contributed by atoms with van der Waals surface area (Å²) in [6.45, 7) is 3.28. The van der Waals surface area contributed by atoms with Crippen LogP contribution in [0, 0.1) is 5.92 Å². The summed E-state index contributed by atoms with van der Waals surface area (Å²) in [4.78, 5) is 30.3. The largest absolute Gasteiger partial charge is 0.466 e. The number of hydrogen-bond donors (Lipinski definition) is 0. The van der Waals surface area contributed by atoms with Crippen molar-refractivity contribution in [1.82, 2.24) is 9.88 Å². The van der Waals surface area contributed by atoms with Crippen LogP contribution in [-0.4, -0.2) is 47.2 Å². The fraction of sp³-hybridized carbons (Fsp3) is 0.471. The maximum atomic E-state index is 12.4. The van der Waals surface area contributed by atoms with Gasteiger partial charge in [-0.25, -0.2) is 4.98 Å². The molecule has 0 saturated carbocycles. The molecule has 2 heterocycles. The van der Waals surface area contributed by atoms with Crippen LogP contribution in [0.15, 0.2) is 33.9 Å². The third-order valence-corrected chi connectivity index (χ3v) is 4.80. The monoisotopic (exact) mass is 348 g/mol. The lowest BCUT2D eigenvalue weighted by molar-refractivity contribution is -0.151. The SMILES string of the molecule is CCOC(=O)C1CCCN(C(=O)CSc2nc3ccccc3o2)C1. The van der Waals surface area contributed by atoms with Gasteiger partial charge in [-0.05, 0) is 31.9 Å². The molecule has 7 heteroatoms. The van der Waals surface area contributed by atoms with E-state index in [0.717, 1.165) is 18.4 Å². The Bertz CT molecular complexity index is 697. The highest BCUT2D eigenvalue weighted by Gasteiger charge is 2.29. The fourth-order valence-electron chi connectivity index (χ4n) is 2.78. The van der Waals surface area contributed by atoms with Crippen LogP contribution < -0.4 is 0 Å². The zero-order chi connectivity index (χ0) is 16.9. The Labute approximate surface area is 144 Å². The molecule has 1 amide bonds. The molecule has 0 spiro atoms. The number of carbonyl (C=O) groups is 2. The molecule has 1 saturated heterocycles. The molecular weight excluding hydrogens is 328 g/mol. The van der Waals surface area contributed by atoms with E-state index in [1.807, 2.05) is 24.3 Å². The van der Waals surface area contributed by atoms with E-state index in [9.17, 15) is 9.59 Å². The minimum atomic E-state index is -0.211. The van der Waals surface area contributed by atoms with Gasteiger partial charge in [-0.2, -0.15) is 0 Å². The van der Waals surface area contributed by atoms with Gasteiger partial charge in [0.25, 0.3) is 5.22 Å². The number of hydrogen-bond acceptors (Lipinski definition) is 6. The first-order valence-corrected chi connectivity index (χ1v) is 9.08. The van der Waals surface area contributed by atoms with Gasteiger partial charge in [-0.1, -0.05) is 23.9 Å². The van der Waals surface area contributed by atoms with Gasteiger partial charge < -0.3 is 14.1 Å². The second kappa shape index (κ2) is 7.70. The third-order valence-electron chi connectivity index (χ3n) is 3.99. The van der Waals surface area contributed by atoms with E-state index in [1.165, 1.54) is 11.8 Å². The molecule has 3 rings (SSSR count). The van der Waals surface area contributed by atoms with Crippen LogP contribution in [0.1, 0.15) is 19.8 Å². The molecule has 128 valence electrons. The first-order chi connectivity index (χ1) is 11.7. The number of oxazole rings is 1. The number of esters is 1. The standard InChI is InChI=1S/C17H20N2O4S/c1-2-22-16(21)12-6-5-9-19(10-12)15(20)11-24-17-18-13-7-3-4-8-14(13)23-17/h3-4,7-8,12H,2,5-6,9-11H2,1H3. The van der Waals surface area contributed by atoms with Crippen LogP contribution >= 0.6 is 11.8 Å². The van der Waals surface area contributed by atoms with Gasteiger partial charge >= 0.3 is 5.97 Å². The number of rotatable bonds is 5. The van der Waals surface area contributed by atoms with Crippen molar-refractivity contribution in [1.29, 1.82) is 0 Å². The lowest BCUT2D eigenvalue weighted by atomic mass is 9.98. The summed E-state index contributed by atoms with van der Waals surface area (Å²) in [6, 6.07) is 7.51. The van der Waals surface area contributed by atoms with E-state index >= 15 is 0 Å². The molecular formula is C17H20N2O4S. The Balaban J connectivity index is 1.55. The van der Waals surface area contributed by atoms with Crippen molar-refractivity contribution in [2.75, 3.05) is 25.4 Å². The van der Waals surface area contributed by atoms with Gasteiger partial charge in [-0.15, -0.1) is 0 Å². The molecule has 0 N–H and O–H groups in total. The highest BCUT2D eigenvalue weighted by molar-refractivity contribution is 7.99. The number of fused-ring (bicyclic) bond motifs is 1. The Morgan fingerprint density at radius 3 is 3.04 bits per heavy atom. The van der Waals surface area contributed by atoms with Crippen LogP contribution in [0.5, 0.6) is 0 Å². The normalized spacial score (nSPS) is 17.9. The second-order valence-corrected chi connectivity index (χ2v) is 6.59. The number of likely N-dealkylation sites (tertiary alicyclic amines) is 1. The van der Waals surface area contributed by atoms with E-state index in [-0.39, 0.29) is 23.5 Å². The molecule has 0 radical (unpaired) electrons. The van der Waals surface area contributed by atoms with Gasteiger partial charge in [0.1, 0.15) is 5.52 Å². The van der Waals surface area contributed by atoms with E-state index in [2.05, 4.69) is 4.98 Å². The van der Waals surface area contributed by atoms with Crippen LogP contribution in [-0.2, 0) is 14.3 Å². The number of aromatic nitrogens is 1. The number of carbonyl (C=O) groups excluding carboxylic acids is 2. The molecule has 1 aliphatic rings. The van der Waals surface area contributed by atoms with Gasteiger partial charge in [-0.3, -0.25) is 9.59 Å². The van der Waals surface area contributed by atoms with Crippen molar-refractivity contribution >= 4 is 34.7 Å². The molecule has 1 atom stereocenters. The Kier molecular flexibility index (Phi) is 5.40. The molecule has 1 unspecified atom stereocenters. The van der Waals surface area contributed by atoms with Gasteiger partial charge in [0.15, 0.2) is 5.58 Å². The van der Waals surface area contributed by atoms with Crippen molar-refractivity contribution in [3.05, 3.63) is 24.3 Å². The molecule has 1 aromatic carbocycles. The minimum absolute atomic E-state index is 0.00347. The highest BCUT2D eigenvalue weighted by Crippen LogP contribution is 2.24. The van der Waals surface area contributed by atoms with E-state index in [1.54, 1.807) is 11.8 Å². The van der Waals surface area contributed by atoms with E-state index < -0.39 is 0 Å². The number of piperidine rings is 1. The lowest BCUT2D eigenvalue weighted by Gasteiger charge is -2.31. The predicted molar refractivity (Wildman–Crippen MR) is 90.7 cm³/mol. The highest BCUT2D eigenvalue weighted by atomic mass is 32.2. The van der Waals surface area contributed by atoms with Crippen molar-refractivity contribution < 1.29 is 18.7 Å². The summed E-state index contributed by atoms with van der Waals surface area (Å²) in [6.07, 6.45) is 1.60. The number of thioether (sulfide) groups is 1. The number of amides is 1. The Morgan fingerprint density at radius 2 is 2.25 bits per heavy atom. The quantitative estimate of drug-likeness (QED) is 0.611. The smallest absolute Gasteiger partial charge is 0.310 e. The number of para-hydroxylation sites is 2. The van der Waals surface area contributed by atoms with Crippen molar-refractivity contribution in [3.8, 4) is 0 Å². The molecule has 2 aromatic rings. The molecule has 1 aromatic heterocycles. The molecule has 0 aliphatic carbocycles. The van der Waals surface area contributed by atoms with E-state index in [4.69, 9.17) is 9.15 Å². The predicted octanol–water partition coefficient (Wildman–Crippen LogP) is 2.72. The molecule has 1 aliphatic heterocycles. The molecule has 0 bridgehead atoms. The van der Waals surface area contributed by atoms with Crippen molar-refractivity contribution in [2.45, 2.75) is 25.0 Å².